The molecule has 3 N–H and O–H groups in total. The number of carbonyl (C=O) groups excluding carboxylic acids is 2. The molecular formula is C28H34N2O5. The van der Waals surface area contributed by atoms with Gasteiger partial charge in [0, 0.05) is 18.9 Å². The van der Waals surface area contributed by atoms with Crippen LogP contribution in [0.1, 0.15) is 62.5 Å². The smallest absolute Gasteiger partial charge is 0.407 e. The molecule has 0 bridgehead atoms. The van der Waals surface area contributed by atoms with Crippen LogP contribution in [0.2, 0.25) is 0 Å². The molecule has 2 amide bonds. The summed E-state index contributed by atoms with van der Waals surface area (Å²) in [6.07, 6.45) is 3.92. The predicted octanol–water partition coefficient (Wildman–Crippen LogP) is 4.70. The van der Waals surface area contributed by atoms with Gasteiger partial charge in [0.15, 0.2) is 0 Å². The zero-order chi connectivity index (χ0) is 24.8. The number of benzene rings is 2. The highest BCUT2D eigenvalue weighted by molar-refractivity contribution is 5.84. The Bertz CT molecular complexity index is 1020. The number of alkyl carbamates (subject to hydrolysis) is 1. The Hall–Kier alpha value is -3.35. The van der Waals surface area contributed by atoms with Gasteiger partial charge in [-0.2, -0.15) is 0 Å². The lowest BCUT2D eigenvalue weighted by molar-refractivity contribution is -0.144. The number of hydrogen-bond donors (Lipinski definition) is 3. The molecule has 2 aromatic carbocycles. The van der Waals surface area contributed by atoms with Gasteiger partial charge in [0.25, 0.3) is 0 Å². The van der Waals surface area contributed by atoms with Crippen LogP contribution in [0.3, 0.4) is 0 Å². The summed E-state index contributed by atoms with van der Waals surface area (Å²) in [6, 6.07) is 15.7. The standard InChI is InChI=1S/C28H34N2O5/c1-18(13-14-25(31)30-26(27(32)33)19-7-6-8-19)15-16-29-28(34)35-17-24-22-11-4-2-9-20(22)21-10-3-5-12-23(21)24/h2-5,9-12,18-19,24,26H,6-8,13-17H2,1H3,(H,29,34)(H,30,31)(H,32,33). The highest BCUT2D eigenvalue weighted by atomic mass is 16.5. The summed E-state index contributed by atoms with van der Waals surface area (Å²) >= 11 is 0. The minimum atomic E-state index is -0.955. The van der Waals surface area contributed by atoms with E-state index in [0.29, 0.717) is 19.4 Å². The van der Waals surface area contributed by atoms with E-state index in [1.54, 1.807) is 0 Å². The minimum absolute atomic E-state index is 0.0279. The largest absolute Gasteiger partial charge is 0.480 e. The molecule has 2 atom stereocenters. The van der Waals surface area contributed by atoms with E-state index in [2.05, 4.69) is 34.9 Å². The van der Waals surface area contributed by atoms with E-state index in [4.69, 9.17) is 4.74 Å². The van der Waals surface area contributed by atoms with Crippen LogP contribution in [-0.2, 0) is 14.3 Å². The Morgan fingerprint density at radius 2 is 1.63 bits per heavy atom. The average Bonchev–Trinajstić information content (AvgIpc) is 3.13. The molecule has 0 saturated heterocycles. The van der Waals surface area contributed by atoms with Gasteiger partial charge in [0.2, 0.25) is 5.91 Å². The van der Waals surface area contributed by atoms with E-state index >= 15 is 0 Å². The number of hydrogen-bond acceptors (Lipinski definition) is 4. The normalized spacial score (nSPS) is 16.4. The van der Waals surface area contributed by atoms with Gasteiger partial charge < -0.3 is 20.5 Å². The number of nitrogens with one attached hydrogen (secondary N) is 2. The van der Waals surface area contributed by atoms with Gasteiger partial charge >= 0.3 is 12.1 Å². The van der Waals surface area contributed by atoms with Gasteiger partial charge in [-0.25, -0.2) is 9.59 Å². The topological polar surface area (TPSA) is 105 Å². The van der Waals surface area contributed by atoms with Crippen molar-refractivity contribution < 1.29 is 24.2 Å². The van der Waals surface area contributed by atoms with Crippen molar-refractivity contribution in [3.05, 3.63) is 59.7 Å². The second-order valence-electron chi connectivity index (χ2n) is 9.76. The molecule has 35 heavy (non-hydrogen) atoms. The first-order valence-electron chi connectivity index (χ1n) is 12.5. The Labute approximate surface area is 206 Å². The molecule has 1 fully saturated rings. The van der Waals surface area contributed by atoms with Crippen molar-refractivity contribution in [3.63, 3.8) is 0 Å². The highest BCUT2D eigenvalue weighted by Gasteiger charge is 2.33. The van der Waals surface area contributed by atoms with Gasteiger partial charge in [-0.3, -0.25) is 4.79 Å². The molecule has 7 nitrogen and oxygen atoms in total. The SMILES string of the molecule is CC(CCNC(=O)OCC1c2ccccc2-c2ccccc21)CCC(=O)NC(C(=O)O)C1CCC1. The molecule has 2 aliphatic rings. The molecule has 2 aromatic rings. The quantitative estimate of drug-likeness (QED) is 0.434. The number of aliphatic carboxylic acids is 1. The Kier molecular flexibility index (Phi) is 8.06. The third-order valence-electron chi connectivity index (χ3n) is 7.32. The van der Waals surface area contributed by atoms with Crippen molar-refractivity contribution in [1.29, 1.82) is 0 Å². The van der Waals surface area contributed by atoms with E-state index in [-0.39, 0.29) is 36.7 Å². The molecule has 0 spiro atoms. The second-order valence-corrected chi connectivity index (χ2v) is 9.76. The van der Waals surface area contributed by atoms with Crippen LogP contribution >= 0.6 is 0 Å². The number of amides is 2. The van der Waals surface area contributed by atoms with Gasteiger partial charge in [0.05, 0.1) is 0 Å². The van der Waals surface area contributed by atoms with Crippen molar-refractivity contribution in [2.75, 3.05) is 13.2 Å². The van der Waals surface area contributed by atoms with Crippen LogP contribution in [0.5, 0.6) is 0 Å². The van der Waals surface area contributed by atoms with Crippen LogP contribution < -0.4 is 10.6 Å². The fourth-order valence-corrected chi connectivity index (χ4v) is 4.99. The number of carboxylic acids is 1. The predicted molar refractivity (Wildman–Crippen MR) is 133 cm³/mol. The van der Waals surface area contributed by atoms with E-state index in [0.717, 1.165) is 19.3 Å². The van der Waals surface area contributed by atoms with Crippen LogP contribution in [0.15, 0.2) is 48.5 Å². The average molecular weight is 479 g/mol. The maximum atomic E-state index is 12.3. The van der Waals surface area contributed by atoms with Crippen molar-refractivity contribution in [2.45, 2.75) is 57.4 Å². The molecule has 7 heteroatoms. The maximum absolute atomic E-state index is 12.3. The molecular weight excluding hydrogens is 444 g/mol. The lowest BCUT2D eigenvalue weighted by Gasteiger charge is -2.31. The summed E-state index contributed by atoms with van der Waals surface area (Å²) in [4.78, 5) is 35.9. The van der Waals surface area contributed by atoms with Gasteiger partial charge in [-0.15, -0.1) is 0 Å². The molecule has 186 valence electrons. The molecule has 1 saturated carbocycles. The van der Waals surface area contributed by atoms with E-state index in [9.17, 15) is 19.5 Å². The van der Waals surface area contributed by atoms with Crippen LogP contribution in [0, 0.1) is 11.8 Å². The number of ether oxygens (including phenoxy) is 1. The Morgan fingerprint density at radius 3 is 2.20 bits per heavy atom. The van der Waals surface area contributed by atoms with Gasteiger partial charge in [0.1, 0.15) is 12.6 Å². The number of rotatable bonds is 11. The summed E-state index contributed by atoms with van der Waals surface area (Å²) in [6.45, 7) is 2.76. The lowest BCUT2D eigenvalue weighted by Crippen LogP contribution is -2.48. The molecule has 0 radical (unpaired) electrons. The summed E-state index contributed by atoms with van der Waals surface area (Å²) in [7, 11) is 0. The summed E-state index contributed by atoms with van der Waals surface area (Å²) < 4.78 is 5.55. The summed E-state index contributed by atoms with van der Waals surface area (Å²) in [5.74, 6) is -0.888. The van der Waals surface area contributed by atoms with Crippen LogP contribution in [-0.4, -0.2) is 42.3 Å². The van der Waals surface area contributed by atoms with E-state index in [1.807, 2.05) is 31.2 Å². The zero-order valence-electron chi connectivity index (χ0n) is 20.2. The molecule has 2 unspecified atom stereocenters. The number of fused-ring (bicyclic) bond motifs is 3. The van der Waals surface area contributed by atoms with Crippen molar-refractivity contribution in [1.82, 2.24) is 10.6 Å². The summed E-state index contributed by atoms with van der Waals surface area (Å²) in [5.41, 5.74) is 4.74. The van der Waals surface area contributed by atoms with Gasteiger partial charge in [-0.05, 0) is 59.8 Å². The monoisotopic (exact) mass is 478 g/mol. The first-order valence-corrected chi connectivity index (χ1v) is 12.5. The second kappa shape index (κ2) is 11.4. The first-order chi connectivity index (χ1) is 16.9. The summed E-state index contributed by atoms with van der Waals surface area (Å²) in [5, 5.41) is 14.8. The molecule has 0 aromatic heterocycles. The van der Waals surface area contributed by atoms with E-state index < -0.39 is 18.1 Å². The van der Waals surface area contributed by atoms with Crippen LogP contribution in [0.25, 0.3) is 11.1 Å². The first kappa shape index (κ1) is 24.8. The number of carboxylic acid groups (broad SMARTS) is 1. The number of carbonyl (C=O) groups is 3. The van der Waals surface area contributed by atoms with Gasteiger partial charge in [-0.1, -0.05) is 61.9 Å². The van der Waals surface area contributed by atoms with Crippen molar-refractivity contribution >= 4 is 18.0 Å². The molecule has 2 aliphatic carbocycles. The fourth-order valence-electron chi connectivity index (χ4n) is 4.99. The van der Waals surface area contributed by atoms with E-state index in [1.165, 1.54) is 22.3 Å². The Balaban J connectivity index is 1.16. The minimum Gasteiger partial charge on any atom is -0.480 e. The third-order valence-corrected chi connectivity index (χ3v) is 7.32. The molecule has 0 heterocycles. The Morgan fingerprint density at radius 1 is 1.00 bits per heavy atom. The van der Waals surface area contributed by atoms with Crippen molar-refractivity contribution in [2.24, 2.45) is 11.8 Å². The lowest BCUT2D eigenvalue weighted by atomic mass is 9.79. The third kappa shape index (κ3) is 6.02. The van der Waals surface area contributed by atoms with Crippen LogP contribution in [0.4, 0.5) is 4.79 Å². The fraction of sp³-hybridized carbons (Fsp3) is 0.464. The van der Waals surface area contributed by atoms with Crippen molar-refractivity contribution in [3.8, 4) is 11.1 Å². The zero-order valence-corrected chi connectivity index (χ0v) is 20.2. The molecule has 4 rings (SSSR count). The maximum Gasteiger partial charge on any atom is 0.407 e. The molecule has 0 aliphatic heterocycles. The highest BCUT2D eigenvalue weighted by Crippen LogP contribution is 2.44.